The molecule has 0 aliphatic carbocycles. The third kappa shape index (κ3) is 8.83. The highest BCUT2D eigenvalue weighted by molar-refractivity contribution is 5.94. The number of ether oxygens (including phenoxy) is 1. The smallest absolute Gasteiger partial charge is 0.308 e. The van der Waals surface area contributed by atoms with Gasteiger partial charge in [0.1, 0.15) is 5.75 Å². The van der Waals surface area contributed by atoms with Gasteiger partial charge < -0.3 is 10.1 Å². The van der Waals surface area contributed by atoms with Crippen molar-refractivity contribution < 1.29 is 14.3 Å². The largest absolute Gasteiger partial charge is 0.427 e. The summed E-state index contributed by atoms with van der Waals surface area (Å²) in [4.78, 5) is 22.0. The van der Waals surface area contributed by atoms with Crippen LogP contribution in [0.1, 0.15) is 51.9 Å². The highest BCUT2D eigenvalue weighted by atomic mass is 16.5. The number of carbonyl (C=O) groups is 2. The molecule has 0 aliphatic rings. The Balaban J connectivity index is 0. The molecule has 1 amide bonds. The van der Waals surface area contributed by atoms with Crippen LogP contribution in [0.25, 0.3) is 0 Å². The third-order valence-corrected chi connectivity index (χ3v) is 1.72. The standard InChI is InChI=1S/C11H13NO3.2C2H6/c1-3-12-11(14)9-4-6-10(7-5-9)15-8(2)13;2*1-2/h4-7H,3H2,1-2H3,(H,12,14);2*1-2H3. The zero-order chi connectivity index (χ0) is 15.3. The van der Waals surface area contributed by atoms with Crippen LogP contribution in [0.2, 0.25) is 0 Å². The lowest BCUT2D eigenvalue weighted by Gasteiger charge is -2.03. The summed E-state index contributed by atoms with van der Waals surface area (Å²) in [6.07, 6.45) is 0. The van der Waals surface area contributed by atoms with Gasteiger partial charge in [-0.1, -0.05) is 27.7 Å². The molecule has 0 heterocycles. The predicted molar refractivity (Wildman–Crippen MR) is 78.5 cm³/mol. The molecular weight excluding hydrogens is 242 g/mol. The van der Waals surface area contributed by atoms with Crippen molar-refractivity contribution in [3.8, 4) is 5.75 Å². The SMILES string of the molecule is CC.CC.CCNC(=O)c1ccc(OC(C)=O)cc1. The van der Waals surface area contributed by atoms with Gasteiger partial charge in [0.25, 0.3) is 5.91 Å². The van der Waals surface area contributed by atoms with E-state index in [9.17, 15) is 9.59 Å². The minimum atomic E-state index is -0.374. The van der Waals surface area contributed by atoms with Crippen LogP contribution >= 0.6 is 0 Å². The van der Waals surface area contributed by atoms with Gasteiger partial charge >= 0.3 is 5.97 Å². The number of esters is 1. The molecule has 0 aliphatic heterocycles. The number of rotatable bonds is 3. The second kappa shape index (κ2) is 12.6. The predicted octanol–water partition coefficient (Wildman–Crippen LogP) is 3.41. The van der Waals surface area contributed by atoms with Crippen LogP contribution < -0.4 is 10.1 Å². The first kappa shape index (κ1) is 19.5. The maximum absolute atomic E-state index is 11.4. The maximum atomic E-state index is 11.4. The minimum absolute atomic E-state index is 0.133. The van der Waals surface area contributed by atoms with Crippen molar-refractivity contribution >= 4 is 11.9 Å². The average molecular weight is 267 g/mol. The maximum Gasteiger partial charge on any atom is 0.308 e. The van der Waals surface area contributed by atoms with Gasteiger partial charge in [-0.2, -0.15) is 0 Å². The Labute approximate surface area is 116 Å². The van der Waals surface area contributed by atoms with Gasteiger partial charge in [0.15, 0.2) is 0 Å². The topological polar surface area (TPSA) is 55.4 Å². The number of hydrogen-bond donors (Lipinski definition) is 1. The van der Waals surface area contributed by atoms with Gasteiger partial charge in [0, 0.05) is 19.0 Å². The fourth-order valence-corrected chi connectivity index (χ4v) is 1.10. The highest BCUT2D eigenvalue weighted by Gasteiger charge is 2.04. The van der Waals surface area contributed by atoms with Crippen LogP contribution in [0.4, 0.5) is 0 Å². The van der Waals surface area contributed by atoms with Crippen molar-refractivity contribution in [1.82, 2.24) is 5.32 Å². The van der Waals surface area contributed by atoms with E-state index < -0.39 is 0 Å². The monoisotopic (exact) mass is 267 g/mol. The molecule has 19 heavy (non-hydrogen) atoms. The van der Waals surface area contributed by atoms with Gasteiger partial charge in [-0.3, -0.25) is 9.59 Å². The van der Waals surface area contributed by atoms with E-state index in [1.165, 1.54) is 6.92 Å². The molecule has 0 aromatic heterocycles. The van der Waals surface area contributed by atoms with Crippen LogP contribution in [0, 0.1) is 0 Å². The lowest BCUT2D eigenvalue weighted by atomic mass is 10.2. The van der Waals surface area contributed by atoms with E-state index in [0.29, 0.717) is 17.9 Å². The van der Waals surface area contributed by atoms with Crippen LogP contribution in [-0.4, -0.2) is 18.4 Å². The van der Waals surface area contributed by atoms with Crippen LogP contribution in [0.15, 0.2) is 24.3 Å². The van der Waals surface area contributed by atoms with Gasteiger partial charge in [-0.15, -0.1) is 0 Å². The number of amides is 1. The highest BCUT2D eigenvalue weighted by Crippen LogP contribution is 2.12. The molecule has 1 aromatic rings. The van der Waals surface area contributed by atoms with Crippen molar-refractivity contribution in [3.63, 3.8) is 0 Å². The zero-order valence-corrected chi connectivity index (χ0v) is 12.7. The molecule has 1 rings (SSSR count). The lowest BCUT2D eigenvalue weighted by Crippen LogP contribution is -2.22. The minimum Gasteiger partial charge on any atom is -0.427 e. The summed E-state index contributed by atoms with van der Waals surface area (Å²) in [5, 5.41) is 2.68. The Morgan fingerprint density at radius 2 is 1.53 bits per heavy atom. The van der Waals surface area contributed by atoms with Crippen molar-refractivity contribution in [2.75, 3.05) is 6.54 Å². The van der Waals surface area contributed by atoms with E-state index in [1.807, 2.05) is 34.6 Å². The fourth-order valence-electron chi connectivity index (χ4n) is 1.10. The lowest BCUT2D eigenvalue weighted by molar-refractivity contribution is -0.131. The molecule has 0 bridgehead atoms. The summed E-state index contributed by atoms with van der Waals surface area (Å²) in [6.45, 7) is 11.8. The molecule has 1 N–H and O–H groups in total. The molecule has 4 heteroatoms. The summed E-state index contributed by atoms with van der Waals surface area (Å²) in [5.74, 6) is -0.0665. The normalized spacial score (nSPS) is 8.11. The molecule has 0 radical (unpaired) electrons. The first-order valence-corrected chi connectivity index (χ1v) is 6.70. The Morgan fingerprint density at radius 3 is 1.89 bits per heavy atom. The van der Waals surface area contributed by atoms with Crippen LogP contribution in [-0.2, 0) is 4.79 Å². The number of nitrogens with one attached hydrogen (secondary N) is 1. The number of carbonyl (C=O) groups excluding carboxylic acids is 2. The molecular formula is C15H25NO3. The Bertz CT molecular complexity index is 358. The molecule has 0 saturated carbocycles. The zero-order valence-electron chi connectivity index (χ0n) is 12.7. The van der Waals surface area contributed by atoms with E-state index in [0.717, 1.165) is 0 Å². The van der Waals surface area contributed by atoms with Crippen molar-refractivity contribution in [2.24, 2.45) is 0 Å². The average Bonchev–Trinajstić information content (AvgIpc) is 2.43. The molecule has 0 fully saturated rings. The molecule has 0 saturated heterocycles. The van der Waals surface area contributed by atoms with Crippen LogP contribution in [0.3, 0.4) is 0 Å². The molecule has 0 unspecified atom stereocenters. The van der Waals surface area contributed by atoms with Crippen molar-refractivity contribution in [1.29, 1.82) is 0 Å². The quantitative estimate of drug-likeness (QED) is 0.674. The van der Waals surface area contributed by atoms with E-state index in [1.54, 1.807) is 24.3 Å². The summed E-state index contributed by atoms with van der Waals surface area (Å²) in [7, 11) is 0. The Hall–Kier alpha value is -1.84. The fraction of sp³-hybridized carbons (Fsp3) is 0.467. The molecule has 0 atom stereocenters. The molecule has 1 aromatic carbocycles. The number of hydrogen-bond acceptors (Lipinski definition) is 3. The summed E-state index contributed by atoms with van der Waals surface area (Å²) in [6, 6.07) is 6.41. The van der Waals surface area contributed by atoms with E-state index in [2.05, 4.69) is 5.32 Å². The second-order valence-corrected chi connectivity index (χ2v) is 2.98. The van der Waals surface area contributed by atoms with Crippen molar-refractivity contribution in [2.45, 2.75) is 41.5 Å². The van der Waals surface area contributed by atoms with Gasteiger partial charge in [-0.25, -0.2) is 0 Å². The first-order chi connectivity index (χ1) is 9.13. The Kier molecular flexibility index (Phi) is 12.9. The summed E-state index contributed by atoms with van der Waals surface area (Å²) < 4.78 is 4.84. The van der Waals surface area contributed by atoms with E-state index in [-0.39, 0.29) is 11.9 Å². The summed E-state index contributed by atoms with van der Waals surface area (Å²) >= 11 is 0. The van der Waals surface area contributed by atoms with Gasteiger partial charge in [0.05, 0.1) is 0 Å². The van der Waals surface area contributed by atoms with Gasteiger partial charge in [-0.05, 0) is 31.2 Å². The number of benzene rings is 1. The van der Waals surface area contributed by atoms with E-state index in [4.69, 9.17) is 4.74 Å². The van der Waals surface area contributed by atoms with Crippen LogP contribution in [0.5, 0.6) is 5.75 Å². The molecule has 4 nitrogen and oxygen atoms in total. The molecule has 0 spiro atoms. The Morgan fingerprint density at radius 1 is 1.05 bits per heavy atom. The third-order valence-electron chi connectivity index (χ3n) is 1.72. The first-order valence-electron chi connectivity index (χ1n) is 6.70. The summed E-state index contributed by atoms with van der Waals surface area (Å²) in [5.41, 5.74) is 0.549. The van der Waals surface area contributed by atoms with Crippen molar-refractivity contribution in [3.05, 3.63) is 29.8 Å². The van der Waals surface area contributed by atoms with Gasteiger partial charge in [0.2, 0.25) is 0 Å². The van der Waals surface area contributed by atoms with E-state index >= 15 is 0 Å². The second-order valence-electron chi connectivity index (χ2n) is 2.98. The molecule has 108 valence electrons.